The van der Waals surface area contributed by atoms with Crippen molar-refractivity contribution < 1.29 is 19.1 Å². The van der Waals surface area contributed by atoms with E-state index in [-0.39, 0.29) is 24.3 Å². The van der Waals surface area contributed by atoms with Crippen molar-refractivity contribution in [1.82, 2.24) is 4.90 Å². The first kappa shape index (κ1) is 19.5. The molecule has 1 aromatic carbocycles. The maximum Gasteiger partial charge on any atom is 0.310 e. The number of nitrogens with zero attached hydrogens (tertiary/aromatic N) is 1. The van der Waals surface area contributed by atoms with Gasteiger partial charge in [0.05, 0.1) is 31.9 Å². The van der Waals surface area contributed by atoms with E-state index in [1.165, 1.54) is 7.11 Å². The van der Waals surface area contributed by atoms with E-state index in [1.807, 2.05) is 11.8 Å². The Bertz CT molecular complexity index is 636. The molecule has 0 aliphatic carbocycles. The van der Waals surface area contributed by atoms with E-state index in [0.717, 1.165) is 24.9 Å². The average molecular weight is 369 g/mol. The average Bonchev–Trinajstić information content (AvgIpc) is 2.58. The first-order valence-corrected chi connectivity index (χ1v) is 8.85. The van der Waals surface area contributed by atoms with Crippen LogP contribution >= 0.6 is 11.6 Å². The number of carbonyl (C=O) groups is 2. The van der Waals surface area contributed by atoms with Crippen molar-refractivity contribution in [3.05, 3.63) is 22.7 Å². The van der Waals surface area contributed by atoms with Crippen molar-refractivity contribution in [1.29, 1.82) is 0 Å². The molecule has 0 bridgehead atoms. The van der Waals surface area contributed by atoms with Crippen LogP contribution in [0.15, 0.2) is 12.1 Å². The number of benzene rings is 1. The molecule has 1 aliphatic rings. The van der Waals surface area contributed by atoms with Crippen LogP contribution in [-0.4, -0.2) is 50.1 Å². The largest absolute Gasteiger partial charge is 0.495 e. The van der Waals surface area contributed by atoms with Gasteiger partial charge < -0.3 is 14.8 Å². The fourth-order valence-corrected chi connectivity index (χ4v) is 3.13. The Morgan fingerprint density at radius 2 is 2.16 bits per heavy atom. The minimum atomic E-state index is -0.178. The number of hydrogen-bond donors (Lipinski definition) is 1. The zero-order valence-electron chi connectivity index (χ0n) is 14.9. The Balaban J connectivity index is 1.96. The second-order valence-electron chi connectivity index (χ2n) is 6.18. The molecular weight excluding hydrogens is 344 g/mol. The van der Waals surface area contributed by atoms with Crippen molar-refractivity contribution in [3.8, 4) is 5.75 Å². The summed E-state index contributed by atoms with van der Waals surface area (Å²) in [5.41, 5.74) is 1.45. The molecule has 1 unspecified atom stereocenters. The van der Waals surface area contributed by atoms with Crippen LogP contribution in [0.2, 0.25) is 5.02 Å². The number of likely N-dealkylation sites (tertiary alicyclic amines) is 1. The molecule has 1 aliphatic heterocycles. The summed E-state index contributed by atoms with van der Waals surface area (Å²) in [6.07, 6.45) is 1.68. The molecule has 2 rings (SSSR count). The monoisotopic (exact) mass is 368 g/mol. The quantitative estimate of drug-likeness (QED) is 0.782. The van der Waals surface area contributed by atoms with E-state index >= 15 is 0 Å². The fourth-order valence-electron chi connectivity index (χ4n) is 2.97. The van der Waals surface area contributed by atoms with Gasteiger partial charge in [0.2, 0.25) is 5.91 Å². The summed E-state index contributed by atoms with van der Waals surface area (Å²) in [6, 6.07) is 3.47. The first-order chi connectivity index (χ1) is 11.9. The van der Waals surface area contributed by atoms with Gasteiger partial charge in [0.25, 0.3) is 0 Å². The van der Waals surface area contributed by atoms with Crippen molar-refractivity contribution >= 4 is 29.2 Å². The van der Waals surface area contributed by atoms with Gasteiger partial charge in [-0.2, -0.15) is 0 Å². The van der Waals surface area contributed by atoms with Crippen molar-refractivity contribution in [2.45, 2.75) is 26.7 Å². The van der Waals surface area contributed by atoms with E-state index in [9.17, 15) is 9.59 Å². The number of ether oxygens (including phenoxy) is 2. The Labute approximate surface area is 153 Å². The number of anilines is 1. The van der Waals surface area contributed by atoms with Crippen LogP contribution in [0.1, 0.15) is 25.3 Å². The summed E-state index contributed by atoms with van der Waals surface area (Å²) in [5.74, 6) is 0.0351. The molecule has 0 spiro atoms. The molecule has 1 fully saturated rings. The van der Waals surface area contributed by atoms with Gasteiger partial charge in [-0.3, -0.25) is 14.5 Å². The summed E-state index contributed by atoms with van der Waals surface area (Å²) in [5, 5.41) is 3.45. The zero-order chi connectivity index (χ0) is 18.4. The molecular formula is C18H25ClN2O4. The van der Waals surface area contributed by atoms with E-state index in [4.69, 9.17) is 21.1 Å². The predicted molar refractivity (Wildman–Crippen MR) is 97.2 cm³/mol. The summed E-state index contributed by atoms with van der Waals surface area (Å²) >= 11 is 6.08. The Hall–Kier alpha value is -1.79. The summed E-state index contributed by atoms with van der Waals surface area (Å²) in [6.45, 7) is 5.61. The zero-order valence-corrected chi connectivity index (χ0v) is 15.7. The summed E-state index contributed by atoms with van der Waals surface area (Å²) in [7, 11) is 1.53. The second kappa shape index (κ2) is 9.06. The minimum absolute atomic E-state index is 0.149. The molecule has 6 nitrogen and oxygen atoms in total. The standard InChI is InChI=1S/C18H25ClN2O4/c1-4-25-18(23)13-6-5-7-21(10-13)11-17(22)20-15-8-12(2)14(19)9-16(15)24-3/h8-9,13H,4-7,10-11H2,1-3H3,(H,20,22). The third kappa shape index (κ3) is 5.34. The van der Waals surface area contributed by atoms with Crippen LogP contribution < -0.4 is 10.1 Å². The fraction of sp³-hybridized carbons (Fsp3) is 0.556. The van der Waals surface area contributed by atoms with Gasteiger partial charge in [0, 0.05) is 17.6 Å². The molecule has 1 heterocycles. The van der Waals surface area contributed by atoms with Crippen molar-refractivity contribution in [3.63, 3.8) is 0 Å². The van der Waals surface area contributed by atoms with Gasteiger partial charge >= 0.3 is 5.97 Å². The number of methoxy groups -OCH3 is 1. The lowest BCUT2D eigenvalue weighted by atomic mass is 9.98. The number of carbonyl (C=O) groups excluding carboxylic acids is 2. The Morgan fingerprint density at radius 3 is 2.84 bits per heavy atom. The first-order valence-electron chi connectivity index (χ1n) is 8.47. The number of hydrogen-bond acceptors (Lipinski definition) is 5. The second-order valence-corrected chi connectivity index (χ2v) is 6.58. The van der Waals surface area contributed by atoms with Crippen LogP contribution in [0.3, 0.4) is 0 Å². The lowest BCUT2D eigenvalue weighted by molar-refractivity contribution is -0.150. The van der Waals surface area contributed by atoms with Gasteiger partial charge in [0.15, 0.2) is 0 Å². The van der Waals surface area contributed by atoms with E-state index in [0.29, 0.717) is 29.6 Å². The van der Waals surface area contributed by atoms with Crippen LogP contribution in [0.5, 0.6) is 5.75 Å². The number of aryl methyl sites for hydroxylation is 1. The molecule has 0 radical (unpaired) electrons. The molecule has 1 saturated heterocycles. The number of nitrogens with one attached hydrogen (secondary N) is 1. The van der Waals surface area contributed by atoms with Crippen LogP contribution in [0, 0.1) is 12.8 Å². The number of piperidine rings is 1. The molecule has 25 heavy (non-hydrogen) atoms. The van der Waals surface area contributed by atoms with Gasteiger partial charge in [-0.05, 0) is 44.9 Å². The molecule has 0 aromatic heterocycles. The highest BCUT2D eigenvalue weighted by atomic mass is 35.5. The minimum Gasteiger partial charge on any atom is -0.495 e. The highest BCUT2D eigenvalue weighted by Gasteiger charge is 2.27. The van der Waals surface area contributed by atoms with E-state index < -0.39 is 0 Å². The summed E-state index contributed by atoms with van der Waals surface area (Å²) in [4.78, 5) is 26.3. The van der Waals surface area contributed by atoms with E-state index in [1.54, 1.807) is 19.1 Å². The normalized spacial score (nSPS) is 17.8. The van der Waals surface area contributed by atoms with Gasteiger partial charge in [-0.1, -0.05) is 11.6 Å². The van der Waals surface area contributed by atoms with E-state index in [2.05, 4.69) is 5.32 Å². The smallest absolute Gasteiger partial charge is 0.310 e. The number of rotatable bonds is 6. The third-order valence-electron chi connectivity index (χ3n) is 4.25. The number of amides is 1. The Kier molecular flexibility index (Phi) is 7.08. The molecule has 138 valence electrons. The predicted octanol–water partition coefficient (Wildman–Crippen LogP) is 2.87. The van der Waals surface area contributed by atoms with Crippen molar-refractivity contribution in [2.75, 3.05) is 38.7 Å². The molecule has 0 saturated carbocycles. The molecule has 7 heteroatoms. The van der Waals surface area contributed by atoms with Gasteiger partial charge in [-0.15, -0.1) is 0 Å². The number of esters is 1. The maximum absolute atomic E-state index is 12.4. The highest BCUT2D eigenvalue weighted by molar-refractivity contribution is 6.31. The topological polar surface area (TPSA) is 67.9 Å². The molecule has 1 amide bonds. The van der Waals surface area contributed by atoms with Gasteiger partial charge in [0.1, 0.15) is 5.75 Å². The maximum atomic E-state index is 12.4. The van der Waals surface area contributed by atoms with Crippen LogP contribution in [-0.2, 0) is 14.3 Å². The molecule has 1 atom stereocenters. The molecule has 1 aromatic rings. The number of halogens is 1. The lowest BCUT2D eigenvalue weighted by Crippen LogP contribution is -2.43. The highest BCUT2D eigenvalue weighted by Crippen LogP contribution is 2.31. The van der Waals surface area contributed by atoms with Crippen LogP contribution in [0.25, 0.3) is 0 Å². The lowest BCUT2D eigenvalue weighted by Gasteiger charge is -2.30. The van der Waals surface area contributed by atoms with Crippen LogP contribution in [0.4, 0.5) is 5.69 Å². The SMILES string of the molecule is CCOC(=O)C1CCCN(CC(=O)Nc2cc(C)c(Cl)cc2OC)C1. The van der Waals surface area contributed by atoms with Crippen molar-refractivity contribution in [2.24, 2.45) is 5.92 Å². The van der Waals surface area contributed by atoms with Gasteiger partial charge in [-0.25, -0.2) is 0 Å². The summed E-state index contributed by atoms with van der Waals surface area (Å²) < 4.78 is 10.4. The Morgan fingerprint density at radius 1 is 1.40 bits per heavy atom. The third-order valence-corrected chi connectivity index (χ3v) is 4.65. The molecule has 1 N–H and O–H groups in total.